The zero-order valence-corrected chi connectivity index (χ0v) is 31.4. The first-order valence-corrected chi connectivity index (χ1v) is 18.5. The van der Waals surface area contributed by atoms with Crippen LogP contribution >= 0.6 is 0 Å². The van der Waals surface area contributed by atoms with Gasteiger partial charge in [0.1, 0.15) is 41.2 Å². The van der Waals surface area contributed by atoms with Crippen molar-refractivity contribution in [2.45, 2.75) is 127 Å². The summed E-state index contributed by atoms with van der Waals surface area (Å²) in [4.78, 5) is 56.5. The van der Waals surface area contributed by atoms with Crippen LogP contribution < -0.4 is 4.74 Å². The van der Waals surface area contributed by atoms with E-state index in [9.17, 15) is 44.7 Å². The second-order valence-corrected chi connectivity index (χ2v) is 15.4. The summed E-state index contributed by atoms with van der Waals surface area (Å²) in [7, 11) is 1.33. The number of ether oxygens (including phenoxy) is 6. The molecule has 7 rings (SSSR count). The van der Waals surface area contributed by atoms with Gasteiger partial charge < -0.3 is 58.9 Å². The highest BCUT2D eigenvalue weighted by Gasteiger charge is 2.56. The smallest absolute Gasteiger partial charge is 0.254 e. The van der Waals surface area contributed by atoms with Gasteiger partial charge in [-0.2, -0.15) is 0 Å². The van der Waals surface area contributed by atoms with Crippen molar-refractivity contribution in [3.63, 3.8) is 0 Å². The number of hydrogen-bond acceptors (Lipinski definition) is 15. The second kappa shape index (κ2) is 14.5. The van der Waals surface area contributed by atoms with Crippen LogP contribution in [0.4, 0.5) is 0 Å². The van der Waals surface area contributed by atoms with E-state index in [4.69, 9.17) is 28.4 Å². The van der Waals surface area contributed by atoms with Crippen molar-refractivity contribution in [1.29, 1.82) is 0 Å². The molecule has 0 saturated carbocycles. The number of nitrogens with zero attached hydrogens (tertiary/aromatic N) is 1. The van der Waals surface area contributed by atoms with Gasteiger partial charge >= 0.3 is 0 Å². The Morgan fingerprint density at radius 2 is 1.71 bits per heavy atom. The third-order valence-electron chi connectivity index (χ3n) is 11.5. The van der Waals surface area contributed by atoms with Gasteiger partial charge in [0, 0.05) is 54.9 Å². The lowest BCUT2D eigenvalue weighted by Gasteiger charge is -2.49. The van der Waals surface area contributed by atoms with Gasteiger partial charge in [-0.25, -0.2) is 0 Å². The minimum atomic E-state index is -2.12. The molecule has 0 radical (unpaired) electrons. The summed E-state index contributed by atoms with van der Waals surface area (Å²) in [6.45, 7) is 7.52. The molecule has 1 amide bonds. The number of aliphatic hydroxyl groups is 3. The zero-order valence-electron chi connectivity index (χ0n) is 31.4. The molecule has 2 aliphatic carbocycles. The number of aromatic hydroxyl groups is 2. The van der Waals surface area contributed by atoms with Crippen molar-refractivity contribution in [2.75, 3.05) is 13.7 Å². The maximum atomic E-state index is 14.1. The van der Waals surface area contributed by atoms with Gasteiger partial charge in [0.2, 0.25) is 5.78 Å². The SMILES string of the molecule is COc1cccc2c1C(=O)c1c(O)c3c(c(O)c1C2=O)C[C@@](O)(C(C)=O)C[C@@H]3O[C@H]1C[C@H]2[C@H](O[C@@H](C[C@H](C)O)O[C@H](C)[C@H]3O[C@@H]([C@H](C)CO)C(=O)N32)[C@H](C)O1. The lowest BCUT2D eigenvalue weighted by molar-refractivity contribution is -0.319. The van der Waals surface area contributed by atoms with Gasteiger partial charge in [-0.15, -0.1) is 0 Å². The summed E-state index contributed by atoms with van der Waals surface area (Å²) >= 11 is 0. The van der Waals surface area contributed by atoms with Gasteiger partial charge in [0.05, 0.1) is 48.2 Å². The molecule has 3 aliphatic heterocycles. The number of phenolic OH excluding ortho intramolecular Hbond substituents is 2. The predicted octanol–water partition coefficient (Wildman–Crippen LogP) is 1.79. The third kappa shape index (κ3) is 6.42. The van der Waals surface area contributed by atoms with Crippen molar-refractivity contribution in [1.82, 2.24) is 4.90 Å². The molecule has 5 aliphatic rings. The number of rotatable bonds is 8. The molecule has 3 saturated heterocycles. The first kappa shape index (κ1) is 39.2. The summed E-state index contributed by atoms with van der Waals surface area (Å²) < 4.78 is 37.0. The van der Waals surface area contributed by atoms with Crippen LogP contribution in [0, 0.1) is 5.92 Å². The zero-order chi connectivity index (χ0) is 39.8. The van der Waals surface area contributed by atoms with Gasteiger partial charge in [0.15, 0.2) is 30.4 Å². The molecule has 0 aromatic heterocycles. The average Bonchev–Trinajstić information content (AvgIpc) is 3.47. The fourth-order valence-electron chi connectivity index (χ4n) is 8.68. The summed E-state index contributed by atoms with van der Waals surface area (Å²) in [5.74, 6) is -4.45. The van der Waals surface area contributed by atoms with Gasteiger partial charge in [-0.3, -0.25) is 19.2 Å². The molecule has 16 heteroatoms. The summed E-state index contributed by atoms with van der Waals surface area (Å²) in [5, 5.41) is 55.5. The molecule has 2 aromatic rings. The van der Waals surface area contributed by atoms with Crippen molar-refractivity contribution >= 4 is 23.3 Å². The Morgan fingerprint density at radius 1 is 1.00 bits per heavy atom. The Labute approximate surface area is 316 Å². The largest absolute Gasteiger partial charge is 0.507 e. The number of Topliss-reactive ketones (excluding diaryl/α,β-unsaturated/α-hetero) is 1. The molecule has 0 unspecified atom stereocenters. The van der Waals surface area contributed by atoms with E-state index in [-0.39, 0.29) is 47.5 Å². The fourth-order valence-corrected chi connectivity index (χ4v) is 8.68. The lowest BCUT2D eigenvalue weighted by atomic mass is 9.72. The van der Waals surface area contributed by atoms with E-state index < -0.39 is 132 Å². The number of ketones is 3. The summed E-state index contributed by atoms with van der Waals surface area (Å²) in [5.41, 5.74) is -3.48. The van der Waals surface area contributed by atoms with Crippen LogP contribution in [0.3, 0.4) is 0 Å². The quantitative estimate of drug-likeness (QED) is 0.206. The normalized spacial score (nSPS) is 34.0. The molecule has 0 bridgehead atoms. The molecule has 16 nitrogen and oxygen atoms in total. The first-order valence-electron chi connectivity index (χ1n) is 18.5. The van der Waals surface area contributed by atoms with Gasteiger partial charge in [0.25, 0.3) is 5.91 Å². The van der Waals surface area contributed by atoms with E-state index in [1.165, 1.54) is 37.1 Å². The second-order valence-electron chi connectivity index (χ2n) is 15.4. The molecular weight excluding hydrogens is 722 g/mol. The minimum absolute atomic E-state index is 0.0534. The number of carbonyl (C=O) groups is 4. The molecule has 3 fully saturated rings. The topological polar surface area (TPSA) is 228 Å². The number of benzene rings is 2. The molecule has 2 aromatic carbocycles. The van der Waals surface area contributed by atoms with Crippen LogP contribution in [0.1, 0.15) is 103 Å². The number of phenols is 2. The molecule has 3 heterocycles. The number of hydrogen-bond donors (Lipinski definition) is 5. The number of carbonyl (C=O) groups excluding carboxylic acids is 4. The molecular formula is C39H47NO15. The van der Waals surface area contributed by atoms with Crippen LogP contribution in [-0.2, 0) is 39.7 Å². The summed E-state index contributed by atoms with van der Waals surface area (Å²) in [6.07, 6.45) is -9.44. The van der Waals surface area contributed by atoms with Crippen molar-refractivity contribution in [3.8, 4) is 17.2 Å². The standard InChI is InChI=1S/C39H47NO15/c1-15(14-41)35-37(48)40-22-11-26(51-17(3)36(22)54-25(10-16(2)42)52-18(4)38(40)55-35)53-24-13-39(49,19(5)43)12-21-28(24)34(47)30-29(32(21)45)31(44)20-8-7-9-23(50-6)27(20)33(30)46/h7-9,15-18,22,24-26,35-36,38,41-42,45,47,49H,10-14H2,1-6H3/t15-,16+,17+,18-,22+,24+,25+,26+,35+,36-,38-,39+/m1/s1. The third-order valence-corrected chi connectivity index (χ3v) is 11.5. The van der Waals surface area contributed by atoms with Crippen LogP contribution in [0.25, 0.3) is 0 Å². The predicted molar refractivity (Wildman–Crippen MR) is 187 cm³/mol. The Bertz CT molecular complexity index is 1910. The number of amides is 1. The first-order chi connectivity index (χ1) is 26.0. The Hall–Kier alpha value is -4.00. The maximum Gasteiger partial charge on any atom is 0.254 e. The fraction of sp³-hybridized carbons (Fsp3) is 0.590. The van der Waals surface area contributed by atoms with E-state index in [0.717, 1.165) is 0 Å². The van der Waals surface area contributed by atoms with Crippen molar-refractivity contribution in [2.24, 2.45) is 5.92 Å². The van der Waals surface area contributed by atoms with E-state index >= 15 is 0 Å². The van der Waals surface area contributed by atoms with E-state index in [1.807, 2.05) is 0 Å². The molecule has 55 heavy (non-hydrogen) atoms. The number of methoxy groups -OCH3 is 1. The summed E-state index contributed by atoms with van der Waals surface area (Å²) in [6, 6.07) is 3.62. The van der Waals surface area contributed by atoms with E-state index in [2.05, 4.69) is 0 Å². The van der Waals surface area contributed by atoms with Crippen LogP contribution in [0.2, 0.25) is 0 Å². The van der Waals surface area contributed by atoms with Crippen molar-refractivity contribution < 1.29 is 73.1 Å². The molecule has 12 atom stereocenters. The highest BCUT2D eigenvalue weighted by atomic mass is 16.7. The molecule has 0 spiro atoms. The lowest BCUT2D eigenvalue weighted by Crippen LogP contribution is -2.63. The van der Waals surface area contributed by atoms with Crippen LogP contribution in [0.5, 0.6) is 17.2 Å². The minimum Gasteiger partial charge on any atom is -0.507 e. The highest BCUT2D eigenvalue weighted by molar-refractivity contribution is 6.31. The highest BCUT2D eigenvalue weighted by Crippen LogP contribution is 2.53. The van der Waals surface area contributed by atoms with E-state index in [0.29, 0.717) is 0 Å². The Kier molecular flexibility index (Phi) is 10.3. The average molecular weight is 770 g/mol. The number of aliphatic hydroxyl groups excluding tert-OH is 2. The van der Waals surface area contributed by atoms with E-state index in [1.54, 1.807) is 27.7 Å². The maximum absolute atomic E-state index is 14.1. The van der Waals surface area contributed by atoms with Crippen molar-refractivity contribution in [3.05, 3.63) is 51.6 Å². The van der Waals surface area contributed by atoms with Gasteiger partial charge in [-0.1, -0.05) is 19.1 Å². The Morgan fingerprint density at radius 3 is 2.36 bits per heavy atom. The van der Waals surface area contributed by atoms with Gasteiger partial charge in [-0.05, 0) is 33.8 Å². The monoisotopic (exact) mass is 769 g/mol. The molecule has 5 N–H and O–H groups in total. The Balaban J connectivity index is 1.29. The number of fused-ring (bicyclic) bond motifs is 6. The molecule has 298 valence electrons. The van der Waals surface area contributed by atoms with Crippen LogP contribution in [0.15, 0.2) is 18.2 Å². The van der Waals surface area contributed by atoms with Crippen LogP contribution in [-0.4, -0.2) is 128 Å².